The predicted octanol–water partition coefficient (Wildman–Crippen LogP) is 3.34. The van der Waals surface area contributed by atoms with E-state index in [0.29, 0.717) is 5.57 Å². The summed E-state index contributed by atoms with van der Waals surface area (Å²) in [6.45, 7) is 1.67. The molecule has 0 fully saturated rings. The van der Waals surface area contributed by atoms with Crippen molar-refractivity contribution in [1.82, 2.24) is 0 Å². The van der Waals surface area contributed by atoms with Crippen molar-refractivity contribution in [2.45, 2.75) is 6.92 Å². The van der Waals surface area contributed by atoms with Crippen LogP contribution >= 0.6 is 0 Å². The van der Waals surface area contributed by atoms with Gasteiger partial charge in [0.05, 0.1) is 0 Å². The van der Waals surface area contributed by atoms with Crippen molar-refractivity contribution in [3.8, 4) is 0 Å². The van der Waals surface area contributed by atoms with E-state index in [0.717, 1.165) is 22.4 Å². The molecule has 2 rings (SSSR count). The number of rotatable bonds is 4. The molecule has 0 saturated carbocycles. The first-order chi connectivity index (χ1) is 9.97. The van der Waals surface area contributed by atoms with Gasteiger partial charge < -0.3 is 10.2 Å². The van der Waals surface area contributed by atoms with Crippen molar-refractivity contribution < 1.29 is 19.8 Å². The number of benzene rings is 2. The first kappa shape index (κ1) is 14.5. The molecule has 2 aromatic rings. The minimum Gasteiger partial charge on any atom is -0.477 e. The Bertz CT molecular complexity index is 753. The lowest BCUT2D eigenvalue weighted by atomic mass is 10.0. The number of hydrogen-bond donors (Lipinski definition) is 2. The van der Waals surface area contributed by atoms with E-state index in [1.54, 1.807) is 13.0 Å². The highest BCUT2D eigenvalue weighted by molar-refractivity contribution is 6.12. The second-order valence-electron chi connectivity index (χ2n) is 4.66. The zero-order chi connectivity index (χ0) is 15.4. The van der Waals surface area contributed by atoms with Gasteiger partial charge in [0.15, 0.2) is 0 Å². The molecule has 2 N–H and O–H groups in total. The maximum atomic E-state index is 10.8. The van der Waals surface area contributed by atoms with Gasteiger partial charge in [-0.05, 0) is 41.0 Å². The largest absolute Gasteiger partial charge is 0.477 e. The van der Waals surface area contributed by atoms with Crippen molar-refractivity contribution in [2.24, 2.45) is 0 Å². The average molecular weight is 282 g/mol. The Balaban J connectivity index is 2.38. The van der Waals surface area contributed by atoms with E-state index in [-0.39, 0.29) is 0 Å². The summed E-state index contributed by atoms with van der Waals surface area (Å²) < 4.78 is 0. The van der Waals surface area contributed by atoms with Crippen LogP contribution in [-0.4, -0.2) is 22.2 Å². The van der Waals surface area contributed by atoms with Crippen LogP contribution in [0.2, 0.25) is 0 Å². The van der Waals surface area contributed by atoms with E-state index < -0.39 is 17.5 Å². The number of aliphatic carboxylic acids is 2. The van der Waals surface area contributed by atoms with Crippen molar-refractivity contribution in [3.63, 3.8) is 0 Å². The average Bonchev–Trinajstić information content (AvgIpc) is 2.44. The number of carboxylic acid groups (broad SMARTS) is 2. The van der Waals surface area contributed by atoms with Crippen molar-refractivity contribution in [3.05, 3.63) is 65.3 Å². The Labute approximate surface area is 121 Å². The number of carboxylic acids is 2. The van der Waals surface area contributed by atoms with Gasteiger partial charge in [0.1, 0.15) is 5.57 Å². The lowest BCUT2D eigenvalue weighted by Gasteiger charge is -2.01. The molecule has 0 aliphatic carbocycles. The summed E-state index contributed by atoms with van der Waals surface area (Å²) in [5, 5.41) is 19.8. The van der Waals surface area contributed by atoms with Crippen LogP contribution in [-0.2, 0) is 9.59 Å². The van der Waals surface area contributed by atoms with Gasteiger partial charge >= 0.3 is 11.9 Å². The summed E-state index contributed by atoms with van der Waals surface area (Å²) in [7, 11) is 0. The van der Waals surface area contributed by atoms with E-state index in [9.17, 15) is 9.59 Å². The van der Waals surface area contributed by atoms with Crippen LogP contribution in [0.25, 0.3) is 16.8 Å². The predicted molar refractivity (Wildman–Crippen MR) is 81.0 cm³/mol. The van der Waals surface area contributed by atoms with Gasteiger partial charge in [-0.2, -0.15) is 0 Å². The molecule has 2 aromatic carbocycles. The molecule has 0 radical (unpaired) electrons. The Morgan fingerprint density at radius 1 is 0.952 bits per heavy atom. The third-order valence-corrected chi connectivity index (χ3v) is 3.00. The minimum absolute atomic E-state index is 0.560. The maximum absolute atomic E-state index is 10.8. The normalized spacial score (nSPS) is 11.2. The quantitative estimate of drug-likeness (QED) is 0.390. The van der Waals surface area contributed by atoms with Crippen molar-refractivity contribution in [2.75, 3.05) is 0 Å². The molecule has 0 unspecified atom stereocenters. The summed E-state index contributed by atoms with van der Waals surface area (Å²) >= 11 is 0. The molecule has 4 heteroatoms. The van der Waals surface area contributed by atoms with Gasteiger partial charge in [-0.15, -0.1) is 0 Å². The smallest absolute Gasteiger partial charge is 0.343 e. The standard InChI is InChI=1S/C17H14O4/c1-11(9-15(16(18)19)17(20)21)8-12-6-7-13-4-2-3-5-14(13)10-12/h2-10H,1H3,(H,18,19)(H,20,21)/b11-8+. The molecule has 0 heterocycles. The van der Waals surface area contributed by atoms with Gasteiger partial charge in [0.2, 0.25) is 0 Å². The van der Waals surface area contributed by atoms with Gasteiger partial charge in [-0.25, -0.2) is 9.59 Å². The van der Waals surface area contributed by atoms with E-state index in [2.05, 4.69) is 0 Å². The Hall–Kier alpha value is -2.88. The van der Waals surface area contributed by atoms with Gasteiger partial charge in [-0.1, -0.05) is 42.5 Å². The molecule has 0 aliphatic rings. The molecule has 0 amide bonds. The molecule has 0 atom stereocenters. The Kier molecular flexibility index (Phi) is 4.18. The molecular formula is C17H14O4. The van der Waals surface area contributed by atoms with Crippen LogP contribution in [0.3, 0.4) is 0 Å². The van der Waals surface area contributed by atoms with Crippen LogP contribution < -0.4 is 0 Å². The van der Waals surface area contributed by atoms with Gasteiger partial charge in [0.25, 0.3) is 0 Å². The van der Waals surface area contributed by atoms with Crippen molar-refractivity contribution >= 4 is 28.8 Å². The van der Waals surface area contributed by atoms with Gasteiger partial charge in [-0.3, -0.25) is 0 Å². The molecule has 0 aromatic heterocycles. The monoisotopic (exact) mass is 282 g/mol. The SMILES string of the molecule is C/C(C=C(C(=O)O)C(=O)O)=C\c1ccc2ccccc2c1. The van der Waals surface area contributed by atoms with E-state index in [1.165, 1.54) is 0 Å². The number of hydrogen-bond acceptors (Lipinski definition) is 2. The highest BCUT2D eigenvalue weighted by Crippen LogP contribution is 2.18. The Morgan fingerprint density at radius 2 is 1.57 bits per heavy atom. The topological polar surface area (TPSA) is 74.6 Å². The third kappa shape index (κ3) is 3.57. The summed E-state index contributed by atoms with van der Waals surface area (Å²) in [5.74, 6) is -2.90. The van der Waals surface area contributed by atoms with Crippen LogP contribution in [0.1, 0.15) is 12.5 Å². The lowest BCUT2D eigenvalue weighted by Crippen LogP contribution is -2.11. The second kappa shape index (κ2) is 6.05. The number of allylic oxidation sites excluding steroid dienone is 2. The summed E-state index contributed by atoms with van der Waals surface area (Å²) in [4.78, 5) is 21.7. The van der Waals surface area contributed by atoms with Crippen LogP contribution in [0.15, 0.2) is 59.7 Å². The maximum Gasteiger partial charge on any atom is 0.343 e. The third-order valence-electron chi connectivity index (χ3n) is 3.00. The molecular weight excluding hydrogens is 268 g/mol. The summed E-state index contributed by atoms with van der Waals surface area (Å²) in [6.07, 6.45) is 2.90. The zero-order valence-electron chi connectivity index (χ0n) is 11.4. The first-order valence-electron chi connectivity index (χ1n) is 6.33. The zero-order valence-corrected chi connectivity index (χ0v) is 11.4. The summed E-state index contributed by atoms with van der Waals surface area (Å²) in [5.41, 5.74) is 0.798. The molecule has 21 heavy (non-hydrogen) atoms. The molecule has 106 valence electrons. The van der Waals surface area contributed by atoms with Gasteiger partial charge in [0, 0.05) is 0 Å². The molecule has 0 aliphatic heterocycles. The highest BCUT2D eigenvalue weighted by atomic mass is 16.4. The lowest BCUT2D eigenvalue weighted by molar-refractivity contribution is -0.140. The highest BCUT2D eigenvalue weighted by Gasteiger charge is 2.15. The molecule has 0 spiro atoms. The number of carbonyl (C=O) groups is 2. The van der Waals surface area contributed by atoms with Crippen molar-refractivity contribution in [1.29, 1.82) is 0 Å². The fourth-order valence-corrected chi connectivity index (χ4v) is 2.04. The number of fused-ring (bicyclic) bond motifs is 1. The van der Waals surface area contributed by atoms with E-state index in [4.69, 9.17) is 10.2 Å². The fraction of sp³-hybridized carbons (Fsp3) is 0.0588. The van der Waals surface area contributed by atoms with Crippen LogP contribution in [0, 0.1) is 0 Å². The molecule has 4 nitrogen and oxygen atoms in total. The first-order valence-corrected chi connectivity index (χ1v) is 6.33. The van der Waals surface area contributed by atoms with Crippen LogP contribution in [0.5, 0.6) is 0 Å². The molecule has 0 bridgehead atoms. The van der Waals surface area contributed by atoms with E-state index >= 15 is 0 Å². The fourth-order valence-electron chi connectivity index (χ4n) is 2.04. The van der Waals surface area contributed by atoms with E-state index in [1.807, 2.05) is 42.5 Å². The summed E-state index contributed by atoms with van der Waals surface area (Å²) in [6, 6.07) is 13.7. The minimum atomic E-state index is -1.45. The van der Waals surface area contributed by atoms with Crippen LogP contribution in [0.4, 0.5) is 0 Å². The molecule has 0 saturated heterocycles. The Morgan fingerprint density at radius 3 is 2.19 bits per heavy atom. The second-order valence-corrected chi connectivity index (χ2v) is 4.66.